The first kappa shape index (κ1) is 18.8. The molecule has 1 aliphatic heterocycles. The highest BCUT2D eigenvalue weighted by molar-refractivity contribution is 5.99. The number of nitrogens with zero attached hydrogens (tertiary/aromatic N) is 3. The molecule has 2 heterocycles. The molecule has 3 amide bonds. The van der Waals surface area contributed by atoms with Crippen molar-refractivity contribution in [3.8, 4) is 0 Å². The van der Waals surface area contributed by atoms with Crippen LogP contribution in [0.3, 0.4) is 0 Å². The third-order valence-corrected chi connectivity index (χ3v) is 4.46. The second-order valence-electron chi connectivity index (χ2n) is 6.38. The van der Waals surface area contributed by atoms with Crippen LogP contribution in [0, 0.1) is 5.82 Å². The van der Waals surface area contributed by atoms with Gasteiger partial charge in [0.05, 0.1) is 17.6 Å². The molecule has 0 aliphatic carbocycles. The lowest BCUT2D eigenvalue weighted by Gasteiger charge is -2.34. The van der Waals surface area contributed by atoms with Gasteiger partial charge in [0.15, 0.2) is 5.82 Å². The molecule has 7 nitrogen and oxygen atoms in total. The monoisotopic (exact) mass is 371 g/mol. The van der Waals surface area contributed by atoms with Gasteiger partial charge in [-0.15, -0.1) is 0 Å². The summed E-state index contributed by atoms with van der Waals surface area (Å²) in [5, 5.41) is 5.14. The lowest BCUT2D eigenvalue weighted by molar-refractivity contribution is -0.130. The number of aromatic nitrogens is 1. The Hall–Kier alpha value is -3.00. The first-order valence-corrected chi connectivity index (χ1v) is 8.76. The predicted molar refractivity (Wildman–Crippen MR) is 101 cm³/mol. The minimum absolute atomic E-state index is 0.0617. The summed E-state index contributed by atoms with van der Waals surface area (Å²) in [6, 6.07) is 7.80. The molecule has 1 aromatic heterocycles. The van der Waals surface area contributed by atoms with Crippen molar-refractivity contribution in [2.24, 2.45) is 0 Å². The number of halogens is 1. The van der Waals surface area contributed by atoms with Crippen LogP contribution in [-0.4, -0.2) is 52.9 Å². The van der Waals surface area contributed by atoms with Gasteiger partial charge in [0.25, 0.3) is 0 Å². The molecule has 3 rings (SSSR count). The number of carbonyl (C=O) groups is 2. The van der Waals surface area contributed by atoms with Crippen molar-refractivity contribution in [3.63, 3.8) is 0 Å². The van der Waals surface area contributed by atoms with Crippen molar-refractivity contribution < 1.29 is 14.0 Å². The lowest BCUT2D eigenvalue weighted by atomic mass is 10.1. The maximum absolute atomic E-state index is 14.8. The van der Waals surface area contributed by atoms with Gasteiger partial charge in [-0.25, -0.2) is 9.18 Å². The zero-order chi connectivity index (χ0) is 19.2. The first-order chi connectivity index (χ1) is 13.0. The number of amides is 3. The van der Waals surface area contributed by atoms with Crippen LogP contribution in [0.2, 0.25) is 0 Å². The molecule has 1 fully saturated rings. The van der Waals surface area contributed by atoms with Crippen LogP contribution in [-0.2, 0) is 11.3 Å². The number of benzene rings is 1. The van der Waals surface area contributed by atoms with E-state index in [1.165, 1.54) is 12.3 Å². The van der Waals surface area contributed by atoms with Crippen molar-refractivity contribution in [1.82, 2.24) is 14.8 Å². The van der Waals surface area contributed by atoms with Crippen LogP contribution >= 0.6 is 0 Å². The van der Waals surface area contributed by atoms with E-state index in [1.54, 1.807) is 42.3 Å². The van der Waals surface area contributed by atoms with E-state index in [9.17, 15) is 14.0 Å². The Morgan fingerprint density at radius 1 is 1.11 bits per heavy atom. The molecule has 0 spiro atoms. The van der Waals surface area contributed by atoms with Gasteiger partial charge in [-0.2, -0.15) is 0 Å². The number of piperazine rings is 1. The summed E-state index contributed by atoms with van der Waals surface area (Å²) < 4.78 is 14.8. The Bertz CT molecular complexity index is 807. The molecule has 0 unspecified atom stereocenters. The molecular formula is C19H22FN5O2. The molecule has 1 aliphatic rings. The van der Waals surface area contributed by atoms with Crippen LogP contribution in [0.15, 0.2) is 42.7 Å². The van der Waals surface area contributed by atoms with Gasteiger partial charge in [0, 0.05) is 51.4 Å². The molecule has 27 heavy (non-hydrogen) atoms. The Morgan fingerprint density at radius 3 is 2.56 bits per heavy atom. The van der Waals surface area contributed by atoms with Gasteiger partial charge in [-0.1, -0.05) is 12.1 Å². The van der Waals surface area contributed by atoms with Crippen molar-refractivity contribution in [3.05, 3.63) is 54.1 Å². The summed E-state index contributed by atoms with van der Waals surface area (Å²) in [7, 11) is 0. The van der Waals surface area contributed by atoms with Crippen molar-refractivity contribution in [1.29, 1.82) is 0 Å². The van der Waals surface area contributed by atoms with Crippen LogP contribution in [0.25, 0.3) is 0 Å². The molecule has 2 aromatic rings. The molecule has 0 bridgehead atoms. The van der Waals surface area contributed by atoms with Gasteiger partial charge >= 0.3 is 6.03 Å². The zero-order valence-electron chi connectivity index (χ0n) is 15.1. The summed E-state index contributed by atoms with van der Waals surface area (Å²) >= 11 is 0. The average molecular weight is 371 g/mol. The SMILES string of the molecule is CC(=O)N1CCN(Cc2cccc(NC(=O)Nc3cccnc3)c2F)CC1. The van der Waals surface area contributed by atoms with Crippen molar-refractivity contribution in [2.45, 2.75) is 13.5 Å². The first-order valence-electron chi connectivity index (χ1n) is 8.76. The predicted octanol–water partition coefficient (Wildman–Crippen LogP) is 2.53. The largest absolute Gasteiger partial charge is 0.340 e. The van der Waals surface area contributed by atoms with Crippen LogP contribution in [0.1, 0.15) is 12.5 Å². The number of nitrogens with one attached hydrogen (secondary N) is 2. The zero-order valence-corrected chi connectivity index (χ0v) is 15.1. The van der Waals surface area contributed by atoms with E-state index in [1.807, 2.05) is 0 Å². The quantitative estimate of drug-likeness (QED) is 0.866. The summed E-state index contributed by atoms with van der Waals surface area (Å²) in [5.74, 6) is -0.389. The Labute approximate surface area is 157 Å². The Balaban J connectivity index is 1.60. The second-order valence-corrected chi connectivity index (χ2v) is 6.38. The smallest absolute Gasteiger partial charge is 0.323 e. The Morgan fingerprint density at radius 2 is 1.89 bits per heavy atom. The van der Waals surface area contributed by atoms with E-state index in [0.717, 1.165) is 0 Å². The van der Waals surface area contributed by atoms with E-state index in [-0.39, 0.29) is 11.6 Å². The maximum atomic E-state index is 14.8. The minimum Gasteiger partial charge on any atom is -0.340 e. The number of urea groups is 1. The van der Waals surface area contributed by atoms with E-state index < -0.39 is 11.8 Å². The van der Waals surface area contributed by atoms with E-state index in [0.29, 0.717) is 44.0 Å². The summed E-state index contributed by atoms with van der Waals surface area (Å²) in [4.78, 5) is 31.3. The Kier molecular flexibility index (Phi) is 5.97. The van der Waals surface area contributed by atoms with Crippen molar-refractivity contribution in [2.75, 3.05) is 36.8 Å². The minimum atomic E-state index is -0.533. The van der Waals surface area contributed by atoms with Crippen LogP contribution in [0.5, 0.6) is 0 Å². The van der Waals surface area contributed by atoms with Gasteiger partial charge in [-0.3, -0.25) is 14.7 Å². The number of carbonyl (C=O) groups excluding carboxylic acids is 2. The normalized spacial score (nSPS) is 14.7. The highest BCUT2D eigenvalue weighted by Crippen LogP contribution is 2.20. The second kappa shape index (κ2) is 8.59. The van der Waals surface area contributed by atoms with Gasteiger partial charge in [0.1, 0.15) is 0 Å². The maximum Gasteiger partial charge on any atom is 0.323 e. The summed E-state index contributed by atoms with van der Waals surface area (Å²) in [5.41, 5.74) is 1.15. The standard InChI is InChI=1S/C19H22FN5O2/c1-14(26)25-10-8-24(9-11-25)13-15-4-2-6-17(18(15)20)23-19(27)22-16-5-3-7-21-12-16/h2-7,12H,8-11,13H2,1H3,(H2,22,23,27). The fourth-order valence-corrected chi connectivity index (χ4v) is 2.98. The van der Waals surface area contributed by atoms with E-state index in [4.69, 9.17) is 0 Å². The average Bonchev–Trinajstić information content (AvgIpc) is 2.66. The van der Waals surface area contributed by atoms with Gasteiger partial charge in [-0.05, 0) is 18.2 Å². The highest BCUT2D eigenvalue weighted by atomic mass is 19.1. The van der Waals surface area contributed by atoms with Crippen LogP contribution in [0.4, 0.5) is 20.6 Å². The summed E-state index contributed by atoms with van der Waals surface area (Å²) in [6.07, 6.45) is 3.11. The molecule has 142 valence electrons. The molecule has 0 atom stereocenters. The van der Waals surface area contributed by atoms with E-state index in [2.05, 4.69) is 20.5 Å². The van der Waals surface area contributed by atoms with E-state index >= 15 is 0 Å². The molecule has 0 saturated carbocycles. The highest BCUT2D eigenvalue weighted by Gasteiger charge is 2.20. The molecule has 1 aromatic carbocycles. The molecule has 0 radical (unpaired) electrons. The topological polar surface area (TPSA) is 77.6 Å². The third-order valence-electron chi connectivity index (χ3n) is 4.46. The number of rotatable bonds is 4. The third kappa shape index (κ3) is 5.01. The fraction of sp³-hybridized carbons (Fsp3) is 0.316. The molecule has 1 saturated heterocycles. The number of hydrogen-bond acceptors (Lipinski definition) is 4. The number of pyridine rings is 1. The van der Waals surface area contributed by atoms with Gasteiger partial charge < -0.3 is 15.5 Å². The van der Waals surface area contributed by atoms with Crippen LogP contribution < -0.4 is 10.6 Å². The molecule has 2 N–H and O–H groups in total. The summed E-state index contributed by atoms with van der Waals surface area (Å²) in [6.45, 7) is 4.65. The molecule has 8 heteroatoms. The van der Waals surface area contributed by atoms with Crippen molar-refractivity contribution >= 4 is 23.3 Å². The number of hydrogen-bond donors (Lipinski definition) is 2. The lowest BCUT2D eigenvalue weighted by Crippen LogP contribution is -2.47. The number of anilines is 2. The fourth-order valence-electron chi connectivity index (χ4n) is 2.98. The van der Waals surface area contributed by atoms with Gasteiger partial charge in [0.2, 0.25) is 5.91 Å². The molecular weight excluding hydrogens is 349 g/mol.